The van der Waals surface area contributed by atoms with Crippen LogP contribution in [0.15, 0.2) is 71.5 Å². The minimum Gasteiger partial charge on any atom is -0.383 e. The molecule has 1 fully saturated rings. The molecule has 0 unspecified atom stereocenters. The summed E-state index contributed by atoms with van der Waals surface area (Å²) in [7, 11) is 1.71. The van der Waals surface area contributed by atoms with E-state index in [2.05, 4.69) is 78.3 Å². The Kier molecular flexibility index (Phi) is 5.75. The van der Waals surface area contributed by atoms with Gasteiger partial charge in [-0.1, -0.05) is 22.0 Å². The van der Waals surface area contributed by atoms with Gasteiger partial charge >= 0.3 is 0 Å². The van der Waals surface area contributed by atoms with Gasteiger partial charge in [0.15, 0.2) is 5.11 Å². The Labute approximate surface area is 178 Å². The van der Waals surface area contributed by atoms with E-state index < -0.39 is 0 Å². The van der Waals surface area contributed by atoms with Crippen LogP contribution >= 0.6 is 28.1 Å². The van der Waals surface area contributed by atoms with E-state index in [1.54, 1.807) is 7.11 Å². The summed E-state index contributed by atoms with van der Waals surface area (Å²) in [5, 5.41) is 4.20. The van der Waals surface area contributed by atoms with E-state index in [1.807, 2.05) is 24.4 Å². The highest BCUT2D eigenvalue weighted by molar-refractivity contribution is 9.10. The molecule has 3 aromatic rings. The lowest BCUT2D eigenvalue weighted by Crippen LogP contribution is -2.33. The van der Waals surface area contributed by atoms with Crippen molar-refractivity contribution in [3.63, 3.8) is 0 Å². The number of methoxy groups -OCH3 is 1. The molecule has 0 radical (unpaired) electrons. The van der Waals surface area contributed by atoms with E-state index in [0.717, 1.165) is 26.7 Å². The number of aromatic nitrogens is 2. The maximum absolute atomic E-state index is 5.68. The van der Waals surface area contributed by atoms with Gasteiger partial charge in [0.1, 0.15) is 0 Å². The molecule has 0 amide bonds. The van der Waals surface area contributed by atoms with Crippen LogP contribution in [0.25, 0.3) is 5.69 Å². The SMILES string of the molecule is COCCN1C(=S)N[C@@H](c2ccccn2)[C@@H]1c1cccn1-c1ccc(Br)cc1. The van der Waals surface area contributed by atoms with Crippen LogP contribution in [0.2, 0.25) is 0 Å². The Hall–Kier alpha value is -2.22. The summed E-state index contributed by atoms with van der Waals surface area (Å²) >= 11 is 9.19. The molecule has 0 spiro atoms. The topological polar surface area (TPSA) is 42.3 Å². The Morgan fingerprint density at radius 2 is 1.96 bits per heavy atom. The zero-order chi connectivity index (χ0) is 19.5. The minimum absolute atomic E-state index is 0.0104. The van der Waals surface area contributed by atoms with E-state index >= 15 is 0 Å². The van der Waals surface area contributed by atoms with E-state index in [9.17, 15) is 0 Å². The maximum Gasteiger partial charge on any atom is 0.170 e. The quantitative estimate of drug-likeness (QED) is 0.561. The smallest absolute Gasteiger partial charge is 0.170 e. The second-order valence-corrected chi connectivity index (χ2v) is 7.89. The summed E-state index contributed by atoms with van der Waals surface area (Å²) in [6.45, 7) is 1.31. The second kappa shape index (κ2) is 8.43. The average Bonchev–Trinajstić information content (AvgIpc) is 3.32. The normalized spacial score (nSPS) is 19.1. The van der Waals surface area contributed by atoms with Gasteiger partial charge in [-0.15, -0.1) is 0 Å². The van der Waals surface area contributed by atoms with Crippen molar-refractivity contribution in [1.82, 2.24) is 19.8 Å². The first-order valence-electron chi connectivity index (χ1n) is 9.09. The van der Waals surface area contributed by atoms with Crippen LogP contribution in [0, 0.1) is 0 Å². The van der Waals surface area contributed by atoms with Crippen molar-refractivity contribution in [2.75, 3.05) is 20.3 Å². The molecule has 2 atom stereocenters. The van der Waals surface area contributed by atoms with Crippen LogP contribution in [-0.4, -0.2) is 39.8 Å². The van der Waals surface area contributed by atoms with Gasteiger partial charge in [-0.2, -0.15) is 0 Å². The van der Waals surface area contributed by atoms with Crippen LogP contribution < -0.4 is 5.32 Å². The molecule has 1 aliphatic heterocycles. The van der Waals surface area contributed by atoms with Crippen LogP contribution in [0.4, 0.5) is 0 Å². The molecule has 28 heavy (non-hydrogen) atoms. The summed E-state index contributed by atoms with van der Waals surface area (Å²) in [6, 6.07) is 18.5. The molecule has 0 bridgehead atoms. The van der Waals surface area contributed by atoms with Crippen molar-refractivity contribution < 1.29 is 4.74 Å². The average molecular weight is 457 g/mol. The lowest BCUT2D eigenvalue weighted by Gasteiger charge is -2.28. The van der Waals surface area contributed by atoms with Crippen molar-refractivity contribution in [1.29, 1.82) is 0 Å². The fraction of sp³-hybridized carbons (Fsp3) is 0.238. The number of halogens is 1. The van der Waals surface area contributed by atoms with Gasteiger partial charge < -0.3 is 19.5 Å². The number of pyridine rings is 1. The fourth-order valence-corrected chi connectivity index (χ4v) is 4.23. The number of nitrogens with one attached hydrogen (secondary N) is 1. The lowest BCUT2D eigenvalue weighted by molar-refractivity contribution is 0.163. The summed E-state index contributed by atoms with van der Waals surface area (Å²) in [5.74, 6) is 0. The Morgan fingerprint density at radius 1 is 1.14 bits per heavy atom. The summed E-state index contributed by atoms with van der Waals surface area (Å²) < 4.78 is 8.60. The van der Waals surface area contributed by atoms with Crippen molar-refractivity contribution in [3.8, 4) is 5.69 Å². The number of nitrogens with zero attached hydrogens (tertiary/aromatic N) is 3. The van der Waals surface area contributed by atoms with E-state index in [4.69, 9.17) is 17.0 Å². The number of ether oxygens (including phenoxy) is 1. The van der Waals surface area contributed by atoms with Crippen LogP contribution in [-0.2, 0) is 4.74 Å². The van der Waals surface area contributed by atoms with E-state index in [1.165, 1.54) is 0 Å². The lowest BCUT2D eigenvalue weighted by atomic mass is 10.0. The molecule has 1 aliphatic rings. The molecule has 7 heteroatoms. The molecule has 3 heterocycles. The van der Waals surface area contributed by atoms with Crippen LogP contribution in [0.1, 0.15) is 23.5 Å². The van der Waals surface area contributed by atoms with Crippen molar-refractivity contribution in [2.24, 2.45) is 0 Å². The second-order valence-electron chi connectivity index (χ2n) is 6.59. The minimum atomic E-state index is -0.0327. The molecule has 5 nitrogen and oxygen atoms in total. The zero-order valence-corrected chi connectivity index (χ0v) is 17.9. The van der Waals surface area contributed by atoms with Crippen molar-refractivity contribution >= 4 is 33.3 Å². The van der Waals surface area contributed by atoms with Crippen LogP contribution in [0.5, 0.6) is 0 Å². The monoisotopic (exact) mass is 456 g/mol. The summed E-state index contributed by atoms with van der Waals surface area (Å²) in [4.78, 5) is 6.79. The van der Waals surface area contributed by atoms with Gasteiger partial charge in [0.05, 0.1) is 24.4 Å². The molecule has 1 aromatic carbocycles. The van der Waals surface area contributed by atoms with Gasteiger partial charge in [-0.3, -0.25) is 4.98 Å². The highest BCUT2D eigenvalue weighted by atomic mass is 79.9. The van der Waals surface area contributed by atoms with Gasteiger partial charge in [0.25, 0.3) is 0 Å². The van der Waals surface area contributed by atoms with E-state index in [0.29, 0.717) is 13.2 Å². The molecular weight excluding hydrogens is 436 g/mol. The first-order valence-corrected chi connectivity index (χ1v) is 10.3. The third-order valence-electron chi connectivity index (χ3n) is 4.92. The molecule has 1 N–H and O–H groups in total. The number of thiocarbonyl (C=S) groups is 1. The highest BCUT2D eigenvalue weighted by Crippen LogP contribution is 2.39. The number of rotatable bonds is 6. The Balaban J connectivity index is 1.78. The number of hydrogen-bond acceptors (Lipinski definition) is 3. The molecular formula is C21H21BrN4OS. The zero-order valence-electron chi connectivity index (χ0n) is 15.5. The van der Waals surface area contributed by atoms with Crippen LogP contribution in [0.3, 0.4) is 0 Å². The highest BCUT2D eigenvalue weighted by Gasteiger charge is 2.40. The molecule has 1 saturated heterocycles. The van der Waals surface area contributed by atoms with Gasteiger partial charge in [0, 0.05) is 41.9 Å². The van der Waals surface area contributed by atoms with Crippen molar-refractivity contribution in [2.45, 2.75) is 12.1 Å². The predicted octanol–water partition coefficient (Wildman–Crippen LogP) is 4.25. The molecule has 0 saturated carbocycles. The van der Waals surface area contributed by atoms with Gasteiger partial charge in [0.2, 0.25) is 0 Å². The number of hydrogen-bond donors (Lipinski definition) is 1. The molecule has 2 aromatic heterocycles. The van der Waals surface area contributed by atoms with Gasteiger partial charge in [-0.25, -0.2) is 0 Å². The molecule has 4 rings (SSSR count). The third kappa shape index (κ3) is 3.70. The first-order chi connectivity index (χ1) is 13.7. The summed E-state index contributed by atoms with van der Waals surface area (Å²) in [5.41, 5.74) is 3.23. The Bertz CT molecular complexity index is 945. The maximum atomic E-state index is 5.68. The third-order valence-corrected chi connectivity index (χ3v) is 5.80. The van der Waals surface area contributed by atoms with E-state index in [-0.39, 0.29) is 12.1 Å². The fourth-order valence-electron chi connectivity index (χ4n) is 3.63. The Morgan fingerprint density at radius 3 is 2.68 bits per heavy atom. The standard InChI is InChI=1S/C21H21BrN4OS/c1-27-14-13-26-20(19(24-21(26)28)17-5-2-3-11-23-17)18-6-4-12-25(18)16-9-7-15(22)8-10-16/h2-12,19-20H,13-14H2,1H3,(H,24,28)/t19-,20-/m0/s1. The van der Waals surface area contributed by atoms with Gasteiger partial charge in [-0.05, 0) is 60.7 Å². The first kappa shape index (κ1) is 19.1. The number of benzene rings is 1. The summed E-state index contributed by atoms with van der Waals surface area (Å²) in [6.07, 6.45) is 3.91. The molecule has 0 aliphatic carbocycles. The largest absolute Gasteiger partial charge is 0.383 e. The molecule has 144 valence electrons. The van der Waals surface area contributed by atoms with Crippen molar-refractivity contribution in [3.05, 3.63) is 82.9 Å². The predicted molar refractivity (Wildman–Crippen MR) is 118 cm³/mol.